The van der Waals surface area contributed by atoms with Crippen LogP contribution in [0.1, 0.15) is 5.56 Å². The molecular weight excluding hydrogens is 286 g/mol. The number of hydrogen-bond acceptors (Lipinski definition) is 3. The van der Waals surface area contributed by atoms with Crippen LogP contribution in [0, 0.1) is 18.6 Å². The first-order valence-electron chi connectivity index (χ1n) is 6.65. The molecule has 110 valence electrons. The highest BCUT2D eigenvalue weighted by Gasteiger charge is 2.05. The van der Waals surface area contributed by atoms with E-state index in [-0.39, 0.29) is 17.5 Å². The van der Waals surface area contributed by atoms with Crippen LogP contribution in [0.2, 0.25) is 0 Å². The fourth-order valence-corrected chi connectivity index (χ4v) is 1.91. The lowest BCUT2D eigenvalue weighted by Gasteiger charge is -2.06. The normalized spacial score (nSPS) is 10.5. The van der Waals surface area contributed by atoms with E-state index in [2.05, 4.69) is 10.2 Å². The first kappa shape index (κ1) is 14.1. The molecule has 0 fully saturated rings. The summed E-state index contributed by atoms with van der Waals surface area (Å²) in [5.74, 6) is -0.0347. The fraction of sp³-hybridized carbons (Fsp3) is 0.0588. The van der Waals surface area contributed by atoms with Crippen LogP contribution in [0.15, 0.2) is 54.6 Å². The zero-order valence-electron chi connectivity index (χ0n) is 11.8. The molecule has 5 heteroatoms. The summed E-state index contributed by atoms with van der Waals surface area (Å²) in [5, 5.41) is 7.96. The molecule has 0 saturated heterocycles. The Bertz CT molecular complexity index is 787. The van der Waals surface area contributed by atoms with Gasteiger partial charge in [-0.3, -0.25) is 0 Å². The maximum absolute atomic E-state index is 13.5. The second-order valence-electron chi connectivity index (χ2n) is 4.78. The molecule has 1 heterocycles. The number of rotatable bonds is 3. The predicted octanol–water partition coefficient (Wildman–Crippen LogP) is 4.52. The molecule has 1 aromatic heterocycles. The minimum atomic E-state index is -0.339. The SMILES string of the molecule is Cc1ccc(Oc2ccc(-c3ccc(F)cc3)nn2)cc1F. The van der Waals surface area contributed by atoms with E-state index in [0.717, 1.165) is 5.56 Å². The molecule has 0 atom stereocenters. The number of hydrogen-bond donors (Lipinski definition) is 0. The number of halogens is 2. The molecule has 3 aromatic rings. The number of nitrogens with zero attached hydrogens (tertiary/aromatic N) is 2. The highest BCUT2D eigenvalue weighted by Crippen LogP contribution is 2.23. The largest absolute Gasteiger partial charge is 0.437 e. The van der Waals surface area contributed by atoms with Crippen LogP contribution in [0.5, 0.6) is 11.6 Å². The molecule has 0 aliphatic heterocycles. The van der Waals surface area contributed by atoms with E-state index in [1.165, 1.54) is 18.2 Å². The first-order chi connectivity index (χ1) is 10.6. The summed E-state index contributed by atoms with van der Waals surface area (Å²) >= 11 is 0. The molecule has 0 aliphatic carbocycles. The van der Waals surface area contributed by atoms with Crippen LogP contribution in [-0.2, 0) is 0 Å². The van der Waals surface area contributed by atoms with Crippen molar-refractivity contribution in [3.8, 4) is 22.9 Å². The smallest absolute Gasteiger partial charge is 0.238 e. The van der Waals surface area contributed by atoms with Gasteiger partial charge in [-0.1, -0.05) is 6.07 Å². The Hall–Kier alpha value is -2.82. The van der Waals surface area contributed by atoms with Crippen molar-refractivity contribution in [3.63, 3.8) is 0 Å². The average Bonchev–Trinajstić information content (AvgIpc) is 2.53. The number of aryl methyl sites for hydroxylation is 1. The van der Waals surface area contributed by atoms with Gasteiger partial charge < -0.3 is 4.74 Å². The monoisotopic (exact) mass is 298 g/mol. The van der Waals surface area contributed by atoms with E-state index in [4.69, 9.17) is 4.74 Å². The zero-order valence-corrected chi connectivity index (χ0v) is 11.8. The van der Waals surface area contributed by atoms with E-state index >= 15 is 0 Å². The highest BCUT2D eigenvalue weighted by molar-refractivity contribution is 5.58. The van der Waals surface area contributed by atoms with Gasteiger partial charge in [0.25, 0.3) is 0 Å². The van der Waals surface area contributed by atoms with Gasteiger partial charge in [-0.15, -0.1) is 10.2 Å². The molecular formula is C17H12F2N2O. The van der Waals surface area contributed by atoms with Gasteiger partial charge in [-0.05, 0) is 48.9 Å². The van der Waals surface area contributed by atoms with E-state index in [1.54, 1.807) is 43.3 Å². The summed E-state index contributed by atoms with van der Waals surface area (Å²) in [6.07, 6.45) is 0. The predicted molar refractivity (Wildman–Crippen MR) is 78.6 cm³/mol. The zero-order chi connectivity index (χ0) is 15.5. The lowest BCUT2D eigenvalue weighted by atomic mass is 10.1. The van der Waals surface area contributed by atoms with Crippen molar-refractivity contribution in [3.05, 3.63) is 71.8 Å². The van der Waals surface area contributed by atoms with Crippen molar-refractivity contribution >= 4 is 0 Å². The lowest BCUT2D eigenvalue weighted by molar-refractivity contribution is 0.450. The van der Waals surface area contributed by atoms with Crippen LogP contribution >= 0.6 is 0 Å². The molecule has 22 heavy (non-hydrogen) atoms. The van der Waals surface area contributed by atoms with E-state index in [1.807, 2.05) is 0 Å². The number of ether oxygens (including phenoxy) is 1. The highest BCUT2D eigenvalue weighted by atomic mass is 19.1. The van der Waals surface area contributed by atoms with Gasteiger partial charge in [-0.2, -0.15) is 0 Å². The van der Waals surface area contributed by atoms with Crippen molar-refractivity contribution in [2.75, 3.05) is 0 Å². The van der Waals surface area contributed by atoms with Crippen LogP contribution < -0.4 is 4.74 Å². The second-order valence-corrected chi connectivity index (χ2v) is 4.78. The van der Waals surface area contributed by atoms with Gasteiger partial charge in [0, 0.05) is 17.7 Å². The van der Waals surface area contributed by atoms with Gasteiger partial charge in [0.15, 0.2) is 0 Å². The van der Waals surface area contributed by atoms with Gasteiger partial charge in [0.1, 0.15) is 17.4 Å². The van der Waals surface area contributed by atoms with Crippen LogP contribution in [0.4, 0.5) is 8.78 Å². The quantitative estimate of drug-likeness (QED) is 0.713. The molecule has 0 spiro atoms. The average molecular weight is 298 g/mol. The Morgan fingerprint density at radius 1 is 0.864 bits per heavy atom. The maximum atomic E-state index is 13.5. The summed E-state index contributed by atoms with van der Waals surface area (Å²) < 4.78 is 31.8. The summed E-state index contributed by atoms with van der Waals surface area (Å²) in [6.45, 7) is 1.68. The molecule has 0 unspecified atom stereocenters. The lowest BCUT2D eigenvalue weighted by Crippen LogP contribution is -1.93. The minimum Gasteiger partial charge on any atom is -0.437 e. The van der Waals surface area contributed by atoms with Gasteiger partial charge >= 0.3 is 0 Å². The molecule has 0 aliphatic rings. The summed E-state index contributed by atoms with van der Waals surface area (Å²) in [7, 11) is 0. The van der Waals surface area contributed by atoms with Gasteiger partial charge in [0.2, 0.25) is 5.88 Å². The van der Waals surface area contributed by atoms with Crippen molar-refractivity contribution in [1.82, 2.24) is 10.2 Å². The van der Waals surface area contributed by atoms with Crippen LogP contribution in [-0.4, -0.2) is 10.2 Å². The molecule has 0 radical (unpaired) electrons. The third-order valence-electron chi connectivity index (χ3n) is 3.15. The van der Waals surface area contributed by atoms with E-state index in [0.29, 0.717) is 17.0 Å². The molecule has 3 nitrogen and oxygen atoms in total. The Morgan fingerprint density at radius 3 is 2.27 bits per heavy atom. The van der Waals surface area contributed by atoms with Gasteiger partial charge in [0.05, 0.1) is 5.69 Å². The molecule has 0 amide bonds. The molecule has 0 saturated carbocycles. The molecule has 0 bridgehead atoms. The topological polar surface area (TPSA) is 35.0 Å². The summed E-state index contributed by atoms with van der Waals surface area (Å²) in [6, 6.07) is 13.9. The van der Waals surface area contributed by atoms with Crippen molar-refractivity contribution < 1.29 is 13.5 Å². The third kappa shape index (κ3) is 3.09. The summed E-state index contributed by atoms with van der Waals surface area (Å²) in [4.78, 5) is 0. The van der Waals surface area contributed by atoms with Crippen molar-refractivity contribution in [2.45, 2.75) is 6.92 Å². The Kier molecular flexibility index (Phi) is 3.78. The summed E-state index contributed by atoms with van der Waals surface area (Å²) in [5.41, 5.74) is 1.90. The Labute approximate surface area is 126 Å². The number of benzene rings is 2. The van der Waals surface area contributed by atoms with Crippen LogP contribution in [0.3, 0.4) is 0 Å². The van der Waals surface area contributed by atoms with Gasteiger partial charge in [-0.25, -0.2) is 8.78 Å². The Balaban J connectivity index is 1.79. The molecule has 3 rings (SSSR count). The standard InChI is InChI=1S/C17H12F2N2O/c1-11-2-7-14(10-15(11)19)22-17-9-8-16(20-21-17)12-3-5-13(18)6-4-12/h2-10H,1H3. The first-order valence-corrected chi connectivity index (χ1v) is 6.65. The molecule has 2 aromatic carbocycles. The maximum Gasteiger partial charge on any atom is 0.238 e. The van der Waals surface area contributed by atoms with Crippen molar-refractivity contribution in [1.29, 1.82) is 0 Å². The minimum absolute atomic E-state index is 0.258. The Morgan fingerprint density at radius 2 is 1.64 bits per heavy atom. The fourth-order valence-electron chi connectivity index (χ4n) is 1.91. The number of aromatic nitrogens is 2. The van der Waals surface area contributed by atoms with Crippen molar-refractivity contribution in [2.24, 2.45) is 0 Å². The van der Waals surface area contributed by atoms with E-state index in [9.17, 15) is 8.78 Å². The second kappa shape index (κ2) is 5.89. The van der Waals surface area contributed by atoms with E-state index < -0.39 is 0 Å². The third-order valence-corrected chi connectivity index (χ3v) is 3.15. The van der Waals surface area contributed by atoms with Crippen LogP contribution in [0.25, 0.3) is 11.3 Å². The molecule has 0 N–H and O–H groups in total.